The number of urea groups is 1. The highest BCUT2D eigenvalue weighted by atomic mass is 16.5. The minimum atomic E-state index is -0.794. The number of hydrogen-bond acceptors (Lipinski definition) is 7. The van der Waals surface area contributed by atoms with Crippen molar-refractivity contribution in [2.45, 2.75) is 61.6 Å². The first-order valence-corrected chi connectivity index (χ1v) is 12.3. The number of rotatable bonds is 7. The molecule has 9 heteroatoms. The predicted octanol–water partition coefficient (Wildman–Crippen LogP) is 2.76. The summed E-state index contributed by atoms with van der Waals surface area (Å²) in [4.78, 5) is 25.1. The van der Waals surface area contributed by atoms with E-state index in [9.17, 15) is 9.90 Å². The van der Waals surface area contributed by atoms with Crippen molar-refractivity contribution in [1.82, 2.24) is 25.1 Å². The van der Waals surface area contributed by atoms with Crippen molar-refractivity contribution < 1.29 is 14.6 Å². The minimum absolute atomic E-state index is 0.0701. The Balaban J connectivity index is 1.34. The summed E-state index contributed by atoms with van der Waals surface area (Å²) in [5.41, 5.74) is 0.00423. The Bertz CT molecular complexity index is 1090. The first-order valence-electron chi connectivity index (χ1n) is 12.3. The van der Waals surface area contributed by atoms with E-state index in [0.717, 1.165) is 44.9 Å². The van der Waals surface area contributed by atoms with Gasteiger partial charge in [-0.25, -0.2) is 14.8 Å². The molecular weight excluding hydrogens is 444 g/mol. The number of nitrogens with one attached hydrogen (secondary N) is 1. The number of carbonyl (C=O) groups excluding carboxylic acids is 1. The van der Waals surface area contributed by atoms with E-state index < -0.39 is 5.60 Å². The fourth-order valence-electron chi connectivity index (χ4n) is 5.87. The summed E-state index contributed by atoms with van der Waals surface area (Å²) < 4.78 is 5.81. The van der Waals surface area contributed by atoms with Crippen molar-refractivity contribution >= 4 is 6.03 Å². The summed E-state index contributed by atoms with van der Waals surface area (Å²) >= 11 is 0. The van der Waals surface area contributed by atoms with Gasteiger partial charge in [0.15, 0.2) is 12.5 Å². The molecule has 1 saturated heterocycles. The van der Waals surface area contributed by atoms with Crippen molar-refractivity contribution in [1.29, 1.82) is 5.26 Å². The number of hydrogen-bond donors (Lipinski definition) is 2. The van der Waals surface area contributed by atoms with Crippen LogP contribution >= 0.6 is 0 Å². The molecule has 0 unspecified atom stereocenters. The lowest BCUT2D eigenvalue weighted by Gasteiger charge is -2.50. The molecule has 1 aromatic carbocycles. The quantitative estimate of drug-likeness (QED) is 0.631. The lowest BCUT2D eigenvalue weighted by Crippen LogP contribution is -2.59. The SMILES string of the molecule is CNC1(c2ccccc2)CCC2(CC1)CN(COc1cnc(C#N)nc1)C(=O)N2CC1(O)CCC1. The monoisotopic (exact) mass is 476 g/mol. The molecule has 1 aromatic heterocycles. The van der Waals surface area contributed by atoms with E-state index in [2.05, 4.69) is 39.6 Å². The zero-order valence-electron chi connectivity index (χ0n) is 20.1. The number of aromatic nitrogens is 2. The van der Waals surface area contributed by atoms with Gasteiger partial charge in [0, 0.05) is 12.1 Å². The molecule has 9 nitrogen and oxygen atoms in total. The third-order valence-corrected chi connectivity index (χ3v) is 8.25. The normalized spacial score (nSPS) is 27.5. The molecule has 35 heavy (non-hydrogen) atoms. The Labute approximate surface area is 205 Å². The topological polar surface area (TPSA) is 115 Å². The lowest BCUT2D eigenvalue weighted by atomic mass is 9.68. The van der Waals surface area contributed by atoms with Crippen LogP contribution in [-0.2, 0) is 5.54 Å². The van der Waals surface area contributed by atoms with Crippen molar-refractivity contribution in [3.05, 3.63) is 54.1 Å². The molecule has 184 valence electrons. The number of benzene rings is 1. The maximum atomic E-state index is 13.6. The highest BCUT2D eigenvalue weighted by Crippen LogP contribution is 2.48. The van der Waals surface area contributed by atoms with Crippen LogP contribution < -0.4 is 10.1 Å². The average molecular weight is 477 g/mol. The summed E-state index contributed by atoms with van der Waals surface area (Å²) in [5.74, 6) is 0.478. The third kappa shape index (κ3) is 4.32. The zero-order valence-corrected chi connectivity index (χ0v) is 20.1. The molecular formula is C26H32N6O3. The average Bonchev–Trinajstić information content (AvgIpc) is 3.13. The largest absolute Gasteiger partial charge is 0.470 e. The summed E-state index contributed by atoms with van der Waals surface area (Å²) in [6.45, 7) is 0.981. The highest BCUT2D eigenvalue weighted by Gasteiger charge is 2.56. The summed E-state index contributed by atoms with van der Waals surface area (Å²) in [7, 11) is 2.01. The van der Waals surface area contributed by atoms with Crippen LogP contribution in [0.2, 0.25) is 0 Å². The van der Waals surface area contributed by atoms with E-state index in [-0.39, 0.29) is 29.7 Å². The first kappa shape index (κ1) is 23.5. The Kier molecular flexibility index (Phi) is 6.11. The fourth-order valence-corrected chi connectivity index (χ4v) is 5.87. The first-order chi connectivity index (χ1) is 16.9. The minimum Gasteiger partial charge on any atom is -0.470 e. The van der Waals surface area contributed by atoms with Crippen LogP contribution in [-0.4, -0.2) is 68.9 Å². The molecule has 0 radical (unpaired) electrons. The maximum Gasteiger partial charge on any atom is 0.323 e. The summed E-state index contributed by atoms with van der Waals surface area (Å²) in [5, 5.41) is 23.4. The van der Waals surface area contributed by atoms with E-state index in [1.165, 1.54) is 18.0 Å². The van der Waals surface area contributed by atoms with Crippen LogP contribution in [0.3, 0.4) is 0 Å². The second kappa shape index (κ2) is 9.10. The molecule has 0 atom stereocenters. The molecule has 2 amide bonds. The Hall–Kier alpha value is -3.22. The summed E-state index contributed by atoms with van der Waals surface area (Å²) in [6, 6.07) is 12.3. The number of amides is 2. The van der Waals surface area contributed by atoms with E-state index in [0.29, 0.717) is 18.8 Å². The van der Waals surface area contributed by atoms with Gasteiger partial charge in [0.2, 0.25) is 5.82 Å². The molecule has 2 aliphatic carbocycles. The number of ether oxygens (including phenoxy) is 1. The molecule has 2 aromatic rings. The van der Waals surface area contributed by atoms with Gasteiger partial charge in [-0.05, 0) is 57.6 Å². The zero-order chi connectivity index (χ0) is 24.5. The Morgan fingerprint density at radius 1 is 1.11 bits per heavy atom. The van der Waals surface area contributed by atoms with Crippen LogP contribution in [0, 0.1) is 11.3 Å². The number of nitriles is 1. The third-order valence-electron chi connectivity index (χ3n) is 8.25. The maximum absolute atomic E-state index is 13.6. The van der Waals surface area contributed by atoms with Crippen molar-refractivity contribution in [3.63, 3.8) is 0 Å². The van der Waals surface area contributed by atoms with Gasteiger partial charge in [0.05, 0.1) is 30.1 Å². The molecule has 2 saturated carbocycles. The predicted molar refractivity (Wildman–Crippen MR) is 128 cm³/mol. The fraction of sp³-hybridized carbons (Fsp3) is 0.538. The molecule has 3 aliphatic rings. The van der Waals surface area contributed by atoms with Gasteiger partial charge in [-0.15, -0.1) is 0 Å². The number of aliphatic hydroxyl groups is 1. The lowest BCUT2D eigenvalue weighted by molar-refractivity contribution is -0.0690. The van der Waals surface area contributed by atoms with Gasteiger partial charge in [-0.2, -0.15) is 5.26 Å². The smallest absolute Gasteiger partial charge is 0.323 e. The van der Waals surface area contributed by atoms with Gasteiger partial charge < -0.3 is 20.1 Å². The molecule has 5 rings (SSSR count). The Morgan fingerprint density at radius 2 is 1.80 bits per heavy atom. The molecule has 2 N–H and O–H groups in total. The Morgan fingerprint density at radius 3 is 2.37 bits per heavy atom. The summed E-state index contributed by atoms with van der Waals surface area (Å²) in [6.07, 6.45) is 8.81. The number of carbonyl (C=O) groups is 1. The van der Waals surface area contributed by atoms with Gasteiger partial charge in [0.25, 0.3) is 0 Å². The number of β-amino-alcohol motifs (C(OH)–C–C–N with tert-alkyl or cyclic N) is 1. The molecule has 3 fully saturated rings. The van der Waals surface area contributed by atoms with E-state index >= 15 is 0 Å². The number of nitrogens with zero attached hydrogens (tertiary/aromatic N) is 5. The van der Waals surface area contributed by atoms with E-state index in [4.69, 9.17) is 10.00 Å². The molecule has 2 heterocycles. The van der Waals surface area contributed by atoms with Gasteiger partial charge >= 0.3 is 6.03 Å². The van der Waals surface area contributed by atoms with E-state index in [1.54, 1.807) is 4.90 Å². The van der Waals surface area contributed by atoms with E-state index in [1.807, 2.05) is 24.1 Å². The second-order valence-electron chi connectivity index (χ2n) is 10.2. The highest BCUT2D eigenvalue weighted by molar-refractivity contribution is 5.78. The van der Waals surface area contributed by atoms with Crippen molar-refractivity contribution in [2.75, 3.05) is 26.9 Å². The van der Waals surface area contributed by atoms with Crippen molar-refractivity contribution in [3.8, 4) is 11.8 Å². The molecule has 0 bridgehead atoms. The standard InChI is InChI=1S/C26H32N6O3/c1-28-26(20-6-3-2-4-7-20)12-10-24(11-13-26)17-31(19-35-21-15-29-22(14-27)30-16-21)23(33)32(24)18-25(34)8-5-9-25/h2-4,6-7,15-16,28,34H,5,8-13,17-19H2,1H3. The van der Waals surface area contributed by atoms with Crippen LogP contribution in [0.1, 0.15) is 56.3 Å². The second-order valence-corrected chi connectivity index (χ2v) is 10.2. The van der Waals surface area contributed by atoms with Crippen LogP contribution in [0.4, 0.5) is 4.79 Å². The van der Waals surface area contributed by atoms with Gasteiger partial charge in [0.1, 0.15) is 6.07 Å². The molecule has 1 spiro atoms. The van der Waals surface area contributed by atoms with Gasteiger partial charge in [-0.3, -0.25) is 4.90 Å². The van der Waals surface area contributed by atoms with Crippen molar-refractivity contribution in [2.24, 2.45) is 0 Å². The van der Waals surface area contributed by atoms with Crippen LogP contribution in [0.15, 0.2) is 42.7 Å². The van der Waals surface area contributed by atoms with Gasteiger partial charge in [-0.1, -0.05) is 30.3 Å². The van der Waals surface area contributed by atoms with Crippen LogP contribution in [0.5, 0.6) is 5.75 Å². The van der Waals surface area contributed by atoms with Crippen LogP contribution in [0.25, 0.3) is 0 Å². The molecule has 1 aliphatic heterocycles.